The summed E-state index contributed by atoms with van der Waals surface area (Å²) in [4.78, 5) is 14.8. The summed E-state index contributed by atoms with van der Waals surface area (Å²) in [6.45, 7) is 4.85. The zero-order valence-electron chi connectivity index (χ0n) is 17.7. The van der Waals surface area contributed by atoms with Crippen LogP contribution in [0.3, 0.4) is 0 Å². The molecule has 0 spiro atoms. The second-order valence-electron chi connectivity index (χ2n) is 7.63. The fourth-order valence-electron chi connectivity index (χ4n) is 3.27. The van der Waals surface area contributed by atoms with Crippen LogP contribution in [0.2, 0.25) is 10.0 Å². The Kier molecular flexibility index (Phi) is 7.19. The average molecular weight is 445 g/mol. The summed E-state index contributed by atoms with van der Waals surface area (Å²) in [5, 5.41) is 8.53. The quantitative estimate of drug-likeness (QED) is 0.552. The van der Waals surface area contributed by atoms with Crippen LogP contribution in [0.5, 0.6) is 0 Å². The van der Waals surface area contributed by atoms with E-state index in [2.05, 4.69) is 41.5 Å². The predicted octanol–water partition coefficient (Wildman–Crippen LogP) is 5.08. The number of aromatic nitrogens is 2. The van der Waals surface area contributed by atoms with E-state index >= 15 is 0 Å². The van der Waals surface area contributed by atoms with Gasteiger partial charge in [0.1, 0.15) is 0 Å². The molecule has 0 bridgehead atoms. The van der Waals surface area contributed by atoms with Gasteiger partial charge in [-0.1, -0.05) is 35.3 Å². The van der Waals surface area contributed by atoms with Crippen LogP contribution in [0.25, 0.3) is 5.69 Å². The molecule has 30 heavy (non-hydrogen) atoms. The van der Waals surface area contributed by atoms with Crippen molar-refractivity contribution in [2.45, 2.75) is 26.7 Å². The number of halogens is 2. The summed E-state index contributed by atoms with van der Waals surface area (Å²) < 4.78 is 1.79. The highest BCUT2D eigenvalue weighted by Crippen LogP contribution is 2.26. The van der Waals surface area contributed by atoms with E-state index < -0.39 is 0 Å². The fraction of sp³-hybridized carbons (Fsp3) is 0.304. The van der Waals surface area contributed by atoms with E-state index in [1.54, 1.807) is 16.8 Å². The molecule has 0 fully saturated rings. The first-order valence-corrected chi connectivity index (χ1v) is 10.5. The molecule has 7 heteroatoms. The lowest BCUT2D eigenvalue weighted by atomic mass is 10.1. The van der Waals surface area contributed by atoms with Crippen LogP contribution >= 0.6 is 23.2 Å². The van der Waals surface area contributed by atoms with Gasteiger partial charge in [0.05, 0.1) is 27.8 Å². The Labute approximate surface area is 187 Å². The summed E-state index contributed by atoms with van der Waals surface area (Å²) in [7, 11) is 4.12. The van der Waals surface area contributed by atoms with E-state index in [-0.39, 0.29) is 12.3 Å². The maximum Gasteiger partial charge on any atom is 0.228 e. The van der Waals surface area contributed by atoms with E-state index in [4.69, 9.17) is 23.2 Å². The zero-order chi connectivity index (χ0) is 21.8. The van der Waals surface area contributed by atoms with Crippen molar-refractivity contribution in [3.8, 4) is 5.69 Å². The van der Waals surface area contributed by atoms with Gasteiger partial charge in [0.2, 0.25) is 5.91 Å². The Morgan fingerprint density at radius 2 is 1.77 bits per heavy atom. The van der Waals surface area contributed by atoms with Gasteiger partial charge >= 0.3 is 0 Å². The number of rotatable bonds is 7. The van der Waals surface area contributed by atoms with Crippen molar-refractivity contribution in [3.63, 3.8) is 0 Å². The summed E-state index contributed by atoms with van der Waals surface area (Å²) in [6.07, 6.45) is 1.23. The number of anilines is 1. The molecule has 0 saturated carbocycles. The third kappa shape index (κ3) is 5.42. The molecule has 0 aliphatic carbocycles. The van der Waals surface area contributed by atoms with E-state index in [9.17, 15) is 4.79 Å². The lowest BCUT2D eigenvalue weighted by Gasteiger charge is -2.10. The normalized spacial score (nSPS) is 11.2. The number of benzene rings is 2. The van der Waals surface area contributed by atoms with Crippen molar-refractivity contribution in [1.82, 2.24) is 14.7 Å². The van der Waals surface area contributed by atoms with Gasteiger partial charge in [-0.3, -0.25) is 4.79 Å². The molecule has 1 aromatic heterocycles. The summed E-state index contributed by atoms with van der Waals surface area (Å²) >= 11 is 12.2. The largest absolute Gasteiger partial charge is 0.326 e. The van der Waals surface area contributed by atoms with E-state index in [0.29, 0.717) is 10.0 Å². The van der Waals surface area contributed by atoms with E-state index in [1.165, 1.54) is 5.56 Å². The topological polar surface area (TPSA) is 50.2 Å². The maximum absolute atomic E-state index is 12.6. The standard InChI is InChI=1S/C23H26Cl2N4O/c1-15-20(16(2)29(27-15)19-9-10-21(24)22(25)13-19)14-23(30)26-18-7-5-17(6-8-18)11-12-28(3)4/h5-10,13H,11-12,14H2,1-4H3,(H,26,30). The van der Waals surface area contributed by atoms with Crippen LogP contribution in [-0.4, -0.2) is 41.2 Å². The highest BCUT2D eigenvalue weighted by Gasteiger charge is 2.16. The van der Waals surface area contributed by atoms with Crippen molar-refractivity contribution in [3.05, 3.63) is 75.0 Å². The van der Waals surface area contributed by atoms with Crippen LogP contribution < -0.4 is 5.32 Å². The molecule has 1 heterocycles. The number of hydrogen-bond acceptors (Lipinski definition) is 3. The highest BCUT2D eigenvalue weighted by atomic mass is 35.5. The zero-order valence-corrected chi connectivity index (χ0v) is 19.2. The minimum absolute atomic E-state index is 0.0732. The van der Waals surface area contributed by atoms with Crippen LogP contribution in [-0.2, 0) is 17.6 Å². The van der Waals surface area contributed by atoms with Gasteiger partial charge in [-0.15, -0.1) is 0 Å². The highest BCUT2D eigenvalue weighted by molar-refractivity contribution is 6.42. The van der Waals surface area contributed by atoms with Crippen molar-refractivity contribution in [2.75, 3.05) is 26.0 Å². The molecular formula is C23H26Cl2N4O. The molecule has 2 aromatic carbocycles. The second kappa shape index (κ2) is 9.65. The molecule has 0 aliphatic heterocycles. The third-order valence-electron chi connectivity index (χ3n) is 5.01. The van der Waals surface area contributed by atoms with Gasteiger partial charge in [0.15, 0.2) is 0 Å². The van der Waals surface area contributed by atoms with Gasteiger partial charge in [-0.25, -0.2) is 4.68 Å². The third-order valence-corrected chi connectivity index (χ3v) is 5.75. The van der Waals surface area contributed by atoms with E-state index in [0.717, 1.165) is 41.3 Å². The molecule has 1 amide bonds. The van der Waals surface area contributed by atoms with Crippen molar-refractivity contribution in [2.24, 2.45) is 0 Å². The van der Waals surface area contributed by atoms with Crippen molar-refractivity contribution in [1.29, 1.82) is 0 Å². The monoisotopic (exact) mass is 444 g/mol. The van der Waals surface area contributed by atoms with Crippen molar-refractivity contribution < 1.29 is 4.79 Å². The summed E-state index contributed by atoms with van der Waals surface area (Å²) in [6, 6.07) is 13.4. The molecule has 1 N–H and O–H groups in total. The molecule has 158 valence electrons. The molecule has 5 nitrogen and oxygen atoms in total. The Balaban J connectivity index is 1.69. The van der Waals surface area contributed by atoms with Crippen molar-refractivity contribution >= 4 is 34.8 Å². The summed E-state index contributed by atoms with van der Waals surface area (Å²) in [5.41, 5.74) is 5.47. The number of aryl methyl sites for hydroxylation is 1. The van der Waals surface area contributed by atoms with Gasteiger partial charge in [0, 0.05) is 23.5 Å². The first-order valence-electron chi connectivity index (χ1n) is 9.78. The Hall–Kier alpha value is -2.34. The summed E-state index contributed by atoms with van der Waals surface area (Å²) in [5.74, 6) is -0.0732. The van der Waals surface area contributed by atoms with Gasteiger partial charge < -0.3 is 10.2 Å². The van der Waals surface area contributed by atoms with Gasteiger partial charge in [-0.05, 0) is 70.3 Å². The fourth-order valence-corrected chi connectivity index (χ4v) is 3.56. The Morgan fingerprint density at radius 3 is 2.40 bits per heavy atom. The maximum atomic E-state index is 12.6. The number of nitrogens with zero attached hydrogens (tertiary/aromatic N) is 3. The first-order chi connectivity index (χ1) is 14.2. The number of carbonyl (C=O) groups is 1. The average Bonchev–Trinajstić information content (AvgIpc) is 2.97. The number of hydrogen-bond donors (Lipinski definition) is 1. The smallest absolute Gasteiger partial charge is 0.228 e. The Bertz CT molecular complexity index is 1040. The first kappa shape index (κ1) is 22.3. The molecule has 0 unspecified atom stereocenters. The number of nitrogens with one attached hydrogen (secondary N) is 1. The van der Waals surface area contributed by atoms with Crippen LogP contribution in [0, 0.1) is 13.8 Å². The minimum atomic E-state index is -0.0732. The van der Waals surface area contributed by atoms with Crippen LogP contribution in [0.4, 0.5) is 5.69 Å². The molecule has 3 rings (SSSR count). The number of carbonyl (C=O) groups excluding carboxylic acids is 1. The van der Waals surface area contributed by atoms with Crippen LogP contribution in [0.15, 0.2) is 42.5 Å². The molecular weight excluding hydrogens is 419 g/mol. The molecule has 3 aromatic rings. The van der Waals surface area contributed by atoms with Gasteiger partial charge in [0.25, 0.3) is 0 Å². The van der Waals surface area contributed by atoms with Crippen LogP contribution in [0.1, 0.15) is 22.5 Å². The molecule has 0 saturated heterocycles. The number of amides is 1. The molecule has 0 radical (unpaired) electrons. The van der Waals surface area contributed by atoms with Gasteiger partial charge in [-0.2, -0.15) is 5.10 Å². The molecule has 0 aliphatic rings. The number of likely N-dealkylation sites (N-methyl/N-ethyl adjacent to an activating group) is 1. The Morgan fingerprint density at radius 1 is 1.07 bits per heavy atom. The second-order valence-corrected chi connectivity index (χ2v) is 8.45. The SMILES string of the molecule is Cc1nn(-c2ccc(Cl)c(Cl)c2)c(C)c1CC(=O)Nc1ccc(CCN(C)C)cc1. The molecule has 0 atom stereocenters. The minimum Gasteiger partial charge on any atom is -0.326 e. The van der Waals surface area contributed by atoms with E-state index in [1.807, 2.05) is 32.0 Å². The lowest BCUT2D eigenvalue weighted by molar-refractivity contribution is -0.115. The predicted molar refractivity (Wildman–Crippen MR) is 124 cm³/mol. The lowest BCUT2D eigenvalue weighted by Crippen LogP contribution is -2.16.